The molecule has 1 aromatic heterocycles. The largest absolute Gasteiger partial charge is 0.381 e. The van der Waals surface area contributed by atoms with Gasteiger partial charge < -0.3 is 19.5 Å². The Balaban J connectivity index is 1.74. The van der Waals surface area contributed by atoms with Crippen LogP contribution in [0.25, 0.3) is 0 Å². The van der Waals surface area contributed by atoms with Gasteiger partial charge in [-0.2, -0.15) is 4.98 Å². The van der Waals surface area contributed by atoms with Crippen LogP contribution in [0.5, 0.6) is 0 Å². The van der Waals surface area contributed by atoms with E-state index in [-0.39, 0.29) is 5.92 Å². The lowest BCUT2D eigenvalue weighted by molar-refractivity contribution is 0.0516. The molecule has 6 heteroatoms. The zero-order valence-electron chi connectivity index (χ0n) is 10.8. The van der Waals surface area contributed by atoms with Crippen molar-refractivity contribution in [3.8, 4) is 0 Å². The third kappa shape index (κ3) is 2.22. The summed E-state index contributed by atoms with van der Waals surface area (Å²) in [6, 6.07) is 0.366. The fraction of sp³-hybridized carbons (Fsp3) is 0.833. The van der Waals surface area contributed by atoms with E-state index in [1.54, 1.807) is 0 Å². The maximum atomic E-state index is 5.52. The maximum absolute atomic E-state index is 5.52. The van der Waals surface area contributed by atoms with Crippen LogP contribution in [0.1, 0.15) is 31.1 Å². The van der Waals surface area contributed by atoms with Crippen molar-refractivity contribution < 1.29 is 9.26 Å². The number of likely N-dealkylation sites (N-methyl/N-ethyl adjacent to an activating group) is 1. The fourth-order valence-electron chi connectivity index (χ4n) is 2.75. The number of rotatable bonds is 3. The molecule has 6 nitrogen and oxygen atoms in total. The highest BCUT2D eigenvalue weighted by molar-refractivity contribution is 5.29. The topological polar surface area (TPSA) is 63.4 Å². The molecule has 2 aliphatic rings. The van der Waals surface area contributed by atoms with Gasteiger partial charge in [-0.1, -0.05) is 0 Å². The first kappa shape index (κ1) is 11.9. The van der Waals surface area contributed by atoms with E-state index in [9.17, 15) is 0 Å². The van der Waals surface area contributed by atoms with Gasteiger partial charge in [-0.15, -0.1) is 0 Å². The van der Waals surface area contributed by atoms with Crippen LogP contribution in [0.2, 0.25) is 0 Å². The Morgan fingerprint density at radius 1 is 1.33 bits per heavy atom. The molecule has 0 bridgehead atoms. The number of hydrogen-bond donors (Lipinski definition) is 1. The van der Waals surface area contributed by atoms with Crippen LogP contribution in [-0.2, 0) is 4.74 Å². The first-order valence-corrected chi connectivity index (χ1v) is 6.72. The van der Waals surface area contributed by atoms with E-state index >= 15 is 0 Å². The maximum Gasteiger partial charge on any atom is 0.266 e. The molecule has 0 radical (unpaired) electrons. The molecule has 0 spiro atoms. The van der Waals surface area contributed by atoms with E-state index in [0.717, 1.165) is 32.1 Å². The average Bonchev–Trinajstić information content (AvgIpc) is 3.09. The summed E-state index contributed by atoms with van der Waals surface area (Å²) in [6.07, 6.45) is 3.42. The lowest BCUT2D eigenvalue weighted by Crippen LogP contribution is -2.39. The van der Waals surface area contributed by atoms with Crippen LogP contribution in [-0.4, -0.2) is 49.5 Å². The smallest absolute Gasteiger partial charge is 0.266 e. The molecule has 0 saturated carbocycles. The summed E-state index contributed by atoms with van der Waals surface area (Å²) in [7, 11) is 1.97. The Hall–Kier alpha value is -1.14. The Bertz CT molecular complexity index is 389. The molecule has 3 heterocycles. The van der Waals surface area contributed by atoms with Crippen molar-refractivity contribution >= 4 is 5.95 Å². The van der Waals surface area contributed by atoms with Gasteiger partial charge in [-0.3, -0.25) is 0 Å². The van der Waals surface area contributed by atoms with Crippen molar-refractivity contribution in [2.75, 3.05) is 38.3 Å². The third-order valence-corrected chi connectivity index (χ3v) is 3.86. The number of nitrogens with one attached hydrogen (secondary N) is 1. The van der Waals surface area contributed by atoms with Gasteiger partial charge in [-0.25, -0.2) is 0 Å². The SMILES string of the molecule is CNC1CCOCC1c1nc(N2CCCC2)no1. The molecule has 2 saturated heterocycles. The van der Waals surface area contributed by atoms with E-state index in [1.165, 1.54) is 12.8 Å². The minimum Gasteiger partial charge on any atom is -0.381 e. The lowest BCUT2D eigenvalue weighted by atomic mass is 9.96. The molecular weight excluding hydrogens is 232 g/mol. The van der Waals surface area contributed by atoms with Crippen LogP contribution in [0, 0.1) is 0 Å². The number of aromatic nitrogens is 2. The van der Waals surface area contributed by atoms with Gasteiger partial charge in [-0.05, 0) is 31.5 Å². The highest BCUT2D eigenvalue weighted by Crippen LogP contribution is 2.26. The van der Waals surface area contributed by atoms with Crippen molar-refractivity contribution in [1.82, 2.24) is 15.5 Å². The van der Waals surface area contributed by atoms with Crippen LogP contribution >= 0.6 is 0 Å². The van der Waals surface area contributed by atoms with Crippen molar-refractivity contribution in [1.29, 1.82) is 0 Å². The predicted molar refractivity (Wildman–Crippen MR) is 66.8 cm³/mol. The number of hydrogen-bond acceptors (Lipinski definition) is 6. The minimum absolute atomic E-state index is 0.174. The minimum atomic E-state index is 0.174. The summed E-state index contributed by atoms with van der Waals surface area (Å²) in [5.74, 6) is 1.62. The van der Waals surface area contributed by atoms with E-state index < -0.39 is 0 Å². The molecule has 1 aromatic rings. The molecular formula is C12H20N4O2. The highest BCUT2D eigenvalue weighted by atomic mass is 16.5. The van der Waals surface area contributed by atoms with E-state index in [4.69, 9.17) is 9.26 Å². The van der Waals surface area contributed by atoms with Gasteiger partial charge in [0.2, 0.25) is 5.89 Å². The van der Waals surface area contributed by atoms with E-state index in [2.05, 4.69) is 20.4 Å². The Morgan fingerprint density at radius 3 is 2.94 bits per heavy atom. The highest BCUT2D eigenvalue weighted by Gasteiger charge is 2.31. The van der Waals surface area contributed by atoms with Crippen LogP contribution in [0.15, 0.2) is 4.52 Å². The van der Waals surface area contributed by atoms with Crippen molar-refractivity contribution in [3.05, 3.63) is 5.89 Å². The van der Waals surface area contributed by atoms with Gasteiger partial charge in [0.05, 0.1) is 12.5 Å². The monoisotopic (exact) mass is 252 g/mol. The third-order valence-electron chi connectivity index (χ3n) is 3.86. The molecule has 2 fully saturated rings. The standard InChI is InChI=1S/C12H20N4O2/c1-13-10-4-7-17-8-9(10)11-14-12(15-18-11)16-5-2-3-6-16/h9-10,13H,2-8H2,1H3. The molecule has 2 atom stereocenters. The summed E-state index contributed by atoms with van der Waals surface area (Å²) in [5.41, 5.74) is 0. The van der Waals surface area contributed by atoms with Gasteiger partial charge in [0.25, 0.3) is 5.95 Å². The normalized spacial score (nSPS) is 28.8. The fourth-order valence-corrected chi connectivity index (χ4v) is 2.75. The van der Waals surface area contributed by atoms with Gasteiger partial charge >= 0.3 is 0 Å². The number of ether oxygens (including phenoxy) is 1. The molecule has 18 heavy (non-hydrogen) atoms. The van der Waals surface area contributed by atoms with Crippen LogP contribution in [0.4, 0.5) is 5.95 Å². The molecule has 0 aliphatic carbocycles. The van der Waals surface area contributed by atoms with Gasteiger partial charge in [0, 0.05) is 25.7 Å². The molecule has 0 aromatic carbocycles. The second kappa shape index (κ2) is 5.24. The average molecular weight is 252 g/mol. The molecule has 0 amide bonds. The predicted octanol–water partition coefficient (Wildman–Crippen LogP) is 0.762. The Kier molecular flexibility index (Phi) is 3.47. The van der Waals surface area contributed by atoms with Crippen molar-refractivity contribution in [2.24, 2.45) is 0 Å². The summed E-state index contributed by atoms with van der Waals surface area (Å²) in [4.78, 5) is 6.73. The van der Waals surface area contributed by atoms with Crippen molar-refractivity contribution in [3.63, 3.8) is 0 Å². The zero-order chi connectivity index (χ0) is 12.4. The van der Waals surface area contributed by atoms with Gasteiger partial charge in [0.15, 0.2) is 0 Å². The van der Waals surface area contributed by atoms with E-state index in [0.29, 0.717) is 18.5 Å². The first-order valence-electron chi connectivity index (χ1n) is 6.72. The van der Waals surface area contributed by atoms with Crippen LogP contribution in [0.3, 0.4) is 0 Å². The van der Waals surface area contributed by atoms with E-state index in [1.807, 2.05) is 7.05 Å². The Morgan fingerprint density at radius 2 is 2.17 bits per heavy atom. The lowest BCUT2D eigenvalue weighted by Gasteiger charge is -2.28. The quantitative estimate of drug-likeness (QED) is 0.857. The summed E-state index contributed by atoms with van der Waals surface area (Å²) < 4.78 is 10.9. The molecule has 3 rings (SSSR count). The summed E-state index contributed by atoms with van der Waals surface area (Å²) in [6.45, 7) is 3.54. The number of nitrogens with zero attached hydrogens (tertiary/aromatic N) is 3. The van der Waals surface area contributed by atoms with Crippen LogP contribution < -0.4 is 10.2 Å². The number of anilines is 1. The molecule has 2 unspecified atom stereocenters. The molecule has 100 valence electrons. The van der Waals surface area contributed by atoms with Crippen molar-refractivity contribution in [2.45, 2.75) is 31.2 Å². The summed E-state index contributed by atoms with van der Waals surface area (Å²) >= 11 is 0. The second-order valence-electron chi connectivity index (χ2n) is 4.99. The second-order valence-corrected chi connectivity index (χ2v) is 4.99. The first-order chi connectivity index (χ1) is 8.88. The molecule has 1 N–H and O–H groups in total. The summed E-state index contributed by atoms with van der Waals surface area (Å²) in [5, 5.41) is 7.41. The molecule has 2 aliphatic heterocycles. The van der Waals surface area contributed by atoms with Gasteiger partial charge in [0.1, 0.15) is 0 Å². The Labute approximate surface area is 107 Å². The zero-order valence-corrected chi connectivity index (χ0v) is 10.8.